The van der Waals surface area contributed by atoms with Crippen molar-refractivity contribution in [3.63, 3.8) is 0 Å². The van der Waals surface area contributed by atoms with E-state index in [4.69, 9.17) is 13.9 Å². The Bertz CT molecular complexity index is 754. The van der Waals surface area contributed by atoms with E-state index in [-0.39, 0.29) is 12.1 Å². The number of ether oxygens (including phenoxy) is 2. The van der Waals surface area contributed by atoms with Crippen molar-refractivity contribution in [2.24, 2.45) is 0 Å². The minimum absolute atomic E-state index is 0.248. The average Bonchev–Trinajstić information content (AvgIpc) is 2.66. The first-order valence-corrected chi connectivity index (χ1v) is 13.6. The van der Waals surface area contributed by atoms with Gasteiger partial charge in [0.1, 0.15) is 11.7 Å². The molecule has 28 heavy (non-hydrogen) atoms. The lowest BCUT2D eigenvalue weighted by Crippen LogP contribution is -2.39. The highest BCUT2D eigenvalue weighted by Gasteiger charge is 2.34. The summed E-state index contributed by atoms with van der Waals surface area (Å²) >= 11 is 3.46. The van der Waals surface area contributed by atoms with Crippen molar-refractivity contribution in [1.29, 1.82) is 0 Å². The van der Waals surface area contributed by atoms with Gasteiger partial charge in [-0.1, -0.05) is 40.2 Å². The Balaban J connectivity index is 2.28. The fourth-order valence-corrected chi connectivity index (χ4v) is 4.57. The van der Waals surface area contributed by atoms with Crippen LogP contribution < -0.4 is 4.74 Å². The maximum atomic E-state index is 12.7. The Morgan fingerprint density at radius 2 is 1.61 bits per heavy atom. The van der Waals surface area contributed by atoms with Crippen LogP contribution in [0.3, 0.4) is 0 Å². The van der Waals surface area contributed by atoms with E-state index in [9.17, 15) is 4.79 Å². The quantitative estimate of drug-likeness (QED) is 0.359. The van der Waals surface area contributed by atoms with Crippen LogP contribution in [0.5, 0.6) is 5.75 Å². The summed E-state index contributed by atoms with van der Waals surface area (Å²) in [5.74, 6) is 0.115. The molecule has 2 aromatic rings. The lowest BCUT2D eigenvalue weighted by Gasteiger charge is -2.32. The number of hydrogen-bond acceptors (Lipinski definition) is 4. The molecule has 0 spiro atoms. The molecule has 0 fully saturated rings. The molecule has 0 N–H and O–H groups in total. The number of rotatable bonds is 9. The Labute approximate surface area is 177 Å². The highest BCUT2D eigenvalue weighted by Crippen LogP contribution is 2.30. The number of halogens is 1. The van der Waals surface area contributed by atoms with Crippen LogP contribution in [0.4, 0.5) is 0 Å². The molecule has 0 amide bonds. The normalized spacial score (nSPS) is 13.6. The topological polar surface area (TPSA) is 44.8 Å². The molecule has 0 aromatic heterocycles. The monoisotopic (exact) mass is 464 g/mol. The first-order chi connectivity index (χ1) is 13.2. The third kappa shape index (κ3) is 6.76. The SMILES string of the molecule is COC(=O)[C@@H](c1ccc(Br)cc1)[C@@H](CCc1ccc(OC)cc1)O[Si](C)(C)C. The number of methoxy groups -OCH3 is 2. The molecule has 152 valence electrons. The predicted molar refractivity (Wildman–Crippen MR) is 118 cm³/mol. The molecular formula is C22H29BrO4Si. The molecule has 0 radical (unpaired) electrons. The molecule has 0 aliphatic heterocycles. The van der Waals surface area contributed by atoms with Crippen molar-refractivity contribution in [3.8, 4) is 5.75 Å². The van der Waals surface area contributed by atoms with Crippen LogP contribution in [0, 0.1) is 0 Å². The molecular weight excluding hydrogens is 436 g/mol. The summed E-state index contributed by atoms with van der Waals surface area (Å²) in [4.78, 5) is 12.7. The molecule has 2 rings (SSSR count). The molecule has 0 aliphatic carbocycles. The lowest BCUT2D eigenvalue weighted by molar-refractivity contribution is -0.145. The molecule has 0 bridgehead atoms. The summed E-state index contributed by atoms with van der Waals surface area (Å²) in [5.41, 5.74) is 2.09. The average molecular weight is 465 g/mol. The second-order valence-corrected chi connectivity index (χ2v) is 13.1. The van der Waals surface area contributed by atoms with Gasteiger partial charge in [0.05, 0.1) is 20.3 Å². The highest BCUT2D eigenvalue weighted by molar-refractivity contribution is 9.10. The largest absolute Gasteiger partial charge is 0.497 e. The van der Waals surface area contributed by atoms with E-state index in [0.717, 1.165) is 28.6 Å². The van der Waals surface area contributed by atoms with E-state index < -0.39 is 14.2 Å². The zero-order chi connectivity index (χ0) is 20.7. The second-order valence-electron chi connectivity index (χ2n) is 7.71. The number of carbonyl (C=O) groups is 1. The molecule has 0 saturated carbocycles. The molecule has 2 aromatic carbocycles. The number of carbonyl (C=O) groups excluding carboxylic acids is 1. The smallest absolute Gasteiger partial charge is 0.315 e. The standard InChI is InChI=1S/C22H29BrO4Si/c1-25-19-13-6-16(7-14-19)8-15-20(27-28(3,4)5)21(22(24)26-2)17-9-11-18(23)12-10-17/h6-7,9-14,20-21H,8,15H2,1-5H3/t20-,21+/m1/s1. The summed E-state index contributed by atoms with van der Waals surface area (Å²) in [6.45, 7) is 6.43. The van der Waals surface area contributed by atoms with Crippen molar-refractivity contribution < 1.29 is 18.7 Å². The maximum absolute atomic E-state index is 12.7. The highest BCUT2D eigenvalue weighted by atomic mass is 79.9. The first kappa shape index (κ1) is 22.7. The van der Waals surface area contributed by atoms with Crippen LogP contribution in [0.15, 0.2) is 53.0 Å². The van der Waals surface area contributed by atoms with Crippen molar-refractivity contribution >= 4 is 30.2 Å². The Kier molecular flexibility index (Phi) is 8.28. The predicted octanol–water partition coefficient (Wildman–Crippen LogP) is 5.57. The Morgan fingerprint density at radius 3 is 2.11 bits per heavy atom. The molecule has 0 heterocycles. The van der Waals surface area contributed by atoms with E-state index in [1.807, 2.05) is 36.4 Å². The maximum Gasteiger partial charge on any atom is 0.315 e. The fraction of sp³-hybridized carbons (Fsp3) is 0.409. The van der Waals surface area contributed by atoms with E-state index in [2.05, 4.69) is 47.7 Å². The summed E-state index contributed by atoms with van der Waals surface area (Å²) in [6, 6.07) is 15.8. The van der Waals surface area contributed by atoms with Gasteiger partial charge in [0.2, 0.25) is 0 Å². The van der Waals surface area contributed by atoms with Crippen molar-refractivity contribution in [3.05, 3.63) is 64.1 Å². The van der Waals surface area contributed by atoms with Crippen molar-refractivity contribution in [1.82, 2.24) is 0 Å². The third-order valence-corrected chi connectivity index (χ3v) is 5.98. The number of hydrogen-bond donors (Lipinski definition) is 0. The van der Waals surface area contributed by atoms with E-state index in [0.29, 0.717) is 0 Å². The van der Waals surface area contributed by atoms with Crippen LogP contribution in [0.2, 0.25) is 19.6 Å². The Morgan fingerprint density at radius 1 is 1.00 bits per heavy atom. The summed E-state index contributed by atoms with van der Waals surface area (Å²) in [5, 5.41) is 0. The van der Waals surface area contributed by atoms with Crippen LogP contribution in [0.1, 0.15) is 23.5 Å². The number of benzene rings is 2. The van der Waals surface area contributed by atoms with E-state index >= 15 is 0 Å². The number of aryl methyl sites for hydroxylation is 1. The zero-order valence-electron chi connectivity index (χ0n) is 17.2. The van der Waals surface area contributed by atoms with Crippen LogP contribution in [-0.2, 0) is 20.4 Å². The van der Waals surface area contributed by atoms with Gasteiger partial charge in [-0.05, 0) is 67.9 Å². The Hall–Kier alpha value is -1.63. The van der Waals surface area contributed by atoms with Crippen molar-refractivity contribution in [2.45, 2.75) is 44.5 Å². The number of esters is 1. The summed E-state index contributed by atoms with van der Waals surface area (Å²) < 4.78 is 17.8. The van der Waals surface area contributed by atoms with Crippen LogP contribution >= 0.6 is 15.9 Å². The van der Waals surface area contributed by atoms with Gasteiger partial charge in [0.25, 0.3) is 0 Å². The van der Waals surface area contributed by atoms with E-state index in [1.165, 1.54) is 12.7 Å². The van der Waals surface area contributed by atoms with Gasteiger partial charge in [-0.25, -0.2) is 0 Å². The molecule has 0 aliphatic rings. The third-order valence-electron chi connectivity index (χ3n) is 4.44. The van der Waals surface area contributed by atoms with Crippen LogP contribution in [-0.4, -0.2) is 34.6 Å². The molecule has 4 nitrogen and oxygen atoms in total. The molecule has 2 atom stereocenters. The van der Waals surface area contributed by atoms with Crippen molar-refractivity contribution in [2.75, 3.05) is 14.2 Å². The van der Waals surface area contributed by atoms with E-state index in [1.54, 1.807) is 7.11 Å². The van der Waals surface area contributed by atoms with Gasteiger partial charge in [0, 0.05) is 4.47 Å². The van der Waals surface area contributed by atoms with Crippen LogP contribution in [0.25, 0.3) is 0 Å². The van der Waals surface area contributed by atoms with Gasteiger partial charge >= 0.3 is 5.97 Å². The van der Waals surface area contributed by atoms with Gasteiger partial charge in [-0.15, -0.1) is 0 Å². The first-order valence-electron chi connectivity index (χ1n) is 9.37. The fourth-order valence-electron chi connectivity index (χ4n) is 3.15. The minimum atomic E-state index is -1.88. The minimum Gasteiger partial charge on any atom is -0.497 e. The zero-order valence-corrected chi connectivity index (χ0v) is 19.8. The lowest BCUT2D eigenvalue weighted by atomic mass is 9.90. The molecule has 0 saturated heterocycles. The van der Waals surface area contributed by atoms with Gasteiger partial charge < -0.3 is 13.9 Å². The van der Waals surface area contributed by atoms with Gasteiger partial charge in [0.15, 0.2) is 8.32 Å². The second kappa shape index (κ2) is 10.2. The summed E-state index contributed by atoms with van der Waals surface area (Å²) in [6.07, 6.45) is 1.29. The van der Waals surface area contributed by atoms with Gasteiger partial charge in [-0.2, -0.15) is 0 Å². The molecule has 0 unspecified atom stereocenters. The molecule has 6 heteroatoms. The van der Waals surface area contributed by atoms with Gasteiger partial charge in [-0.3, -0.25) is 4.79 Å². The summed E-state index contributed by atoms with van der Waals surface area (Å²) in [7, 11) is 1.22.